The van der Waals surface area contributed by atoms with Gasteiger partial charge in [0.25, 0.3) is 0 Å². The molecule has 3 rings (SSSR count). The Morgan fingerprint density at radius 2 is 1.83 bits per heavy atom. The maximum atomic E-state index is 12.8. The summed E-state index contributed by atoms with van der Waals surface area (Å²) in [5.74, 6) is 0. The summed E-state index contributed by atoms with van der Waals surface area (Å²) < 4.78 is 38.4. The highest BCUT2D eigenvalue weighted by atomic mass is 35.5. The molecule has 2 aromatic rings. The van der Waals surface area contributed by atoms with Gasteiger partial charge in [0.1, 0.15) is 0 Å². The number of alkyl halides is 3. The van der Waals surface area contributed by atoms with Gasteiger partial charge in [0.2, 0.25) is 0 Å². The molecule has 7 heteroatoms. The summed E-state index contributed by atoms with van der Waals surface area (Å²) in [5.41, 5.74) is 0.334. The first-order valence-corrected chi connectivity index (χ1v) is 7.23. The van der Waals surface area contributed by atoms with Crippen molar-refractivity contribution in [3.05, 3.63) is 64.7 Å². The average Bonchev–Trinajstić information content (AvgIpc) is 2.89. The summed E-state index contributed by atoms with van der Waals surface area (Å²) in [6, 6.07) is 10.8. The minimum Gasteiger partial charge on any atom is -0.329 e. The summed E-state index contributed by atoms with van der Waals surface area (Å²) in [5, 5.41) is 3.24. The molecular formula is C16H12ClF3N2O. The summed E-state index contributed by atoms with van der Waals surface area (Å²) >= 11 is 5.81. The summed E-state index contributed by atoms with van der Waals surface area (Å²) in [4.78, 5) is 13.6. The number of carbonyl (C=O) groups is 1. The van der Waals surface area contributed by atoms with Crippen molar-refractivity contribution < 1.29 is 18.0 Å². The van der Waals surface area contributed by atoms with Gasteiger partial charge in [-0.15, -0.1) is 0 Å². The van der Waals surface area contributed by atoms with Crippen molar-refractivity contribution in [2.24, 2.45) is 0 Å². The summed E-state index contributed by atoms with van der Waals surface area (Å²) in [6.45, 7) is 0.252. The zero-order valence-corrected chi connectivity index (χ0v) is 12.5. The minimum absolute atomic E-state index is 0.252. The lowest BCUT2D eigenvalue weighted by Crippen LogP contribution is -2.27. The molecule has 1 fully saturated rings. The molecule has 0 aliphatic carbocycles. The number of hydrogen-bond acceptors (Lipinski definition) is 1. The maximum Gasteiger partial charge on any atom is 0.416 e. The zero-order chi connectivity index (χ0) is 16.6. The van der Waals surface area contributed by atoms with E-state index in [0.29, 0.717) is 16.3 Å². The van der Waals surface area contributed by atoms with Gasteiger partial charge in [-0.3, -0.25) is 4.90 Å². The Morgan fingerprint density at radius 3 is 2.48 bits per heavy atom. The number of halogens is 4. The molecule has 1 aliphatic heterocycles. The molecule has 0 aromatic heterocycles. The van der Waals surface area contributed by atoms with E-state index in [1.807, 2.05) is 0 Å². The lowest BCUT2D eigenvalue weighted by molar-refractivity contribution is -0.137. The number of hydrogen-bond donors (Lipinski definition) is 1. The number of carbonyl (C=O) groups excluding carboxylic acids is 1. The fourth-order valence-corrected chi connectivity index (χ4v) is 2.63. The van der Waals surface area contributed by atoms with Crippen LogP contribution in [0.15, 0.2) is 48.5 Å². The number of anilines is 1. The SMILES string of the molecule is O=C1N[C@@H](c2cccc(C(F)(F)F)c2)CN1c1ccc(Cl)cc1. The van der Waals surface area contributed by atoms with Crippen molar-refractivity contribution in [2.45, 2.75) is 12.2 Å². The van der Waals surface area contributed by atoms with Crippen molar-refractivity contribution in [3.8, 4) is 0 Å². The van der Waals surface area contributed by atoms with Gasteiger partial charge >= 0.3 is 12.2 Å². The van der Waals surface area contributed by atoms with Crippen LogP contribution in [0.3, 0.4) is 0 Å². The van der Waals surface area contributed by atoms with E-state index in [-0.39, 0.29) is 12.6 Å². The fourth-order valence-electron chi connectivity index (χ4n) is 2.50. The first-order chi connectivity index (χ1) is 10.8. The molecule has 1 saturated heterocycles. The van der Waals surface area contributed by atoms with Gasteiger partial charge in [-0.2, -0.15) is 13.2 Å². The van der Waals surface area contributed by atoms with Gasteiger partial charge in [-0.05, 0) is 42.0 Å². The zero-order valence-electron chi connectivity index (χ0n) is 11.8. The van der Waals surface area contributed by atoms with Crippen LogP contribution in [-0.2, 0) is 6.18 Å². The molecule has 1 heterocycles. The molecule has 0 unspecified atom stereocenters. The maximum absolute atomic E-state index is 12.8. The standard InChI is InChI=1S/C16H12ClF3N2O/c17-12-4-6-13(7-5-12)22-9-14(21-15(22)23)10-2-1-3-11(8-10)16(18,19)20/h1-8,14H,9H2,(H,21,23)/t14-/m1/s1. The predicted octanol–water partition coefficient (Wildman–Crippen LogP) is 4.63. The Morgan fingerprint density at radius 1 is 1.13 bits per heavy atom. The van der Waals surface area contributed by atoms with Gasteiger partial charge in [-0.1, -0.05) is 23.7 Å². The van der Waals surface area contributed by atoms with Crippen LogP contribution in [0.25, 0.3) is 0 Å². The van der Waals surface area contributed by atoms with Gasteiger partial charge in [0, 0.05) is 10.7 Å². The third-order valence-electron chi connectivity index (χ3n) is 3.66. The Hall–Kier alpha value is -2.21. The molecule has 0 bridgehead atoms. The average molecular weight is 341 g/mol. The van der Waals surface area contributed by atoms with E-state index in [1.54, 1.807) is 30.3 Å². The molecule has 2 aromatic carbocycles. The summed E-state index contributed by atoms with van der Waals surface area (Å²) in [7, 11) is 0. The van der Waals surface area contributed by atoms with Crippen molar-refractivity contribution in [3.63, 3.8) is 0 Å². The Kier molecular flexibility index (Phi) is 3.93. The molecule has 23 heavy (non-hydrogen) atoms. The van der Waals surface area contributed by atoms with Crippen LogP contribution < -0.4 is 10.2 Å². The topological polar surface area (TPSA) is 32.3 Å². The first-order valence-electron chi connectivity index (χ1n) is 6.85. The van der Waals surface area contributed by atoms with Crippen LogP contribution in [0, 0.1) is 0 Å². The van der Waals surface area contributed by atoms with E-state index in [1.165, 1.54) is 11.0 Å². The second-order valence-electron chi connectivity index (χ2n) is 5.21. The lowest BCUT2D eigenvalue weighted by atomic mass is 10.0. The van der Waals surface area contributed by atoms with Gasteiger partial charge in [0.05, 0.1) is 18.2 Å². The molecule has 120 valence electrons. The normalized spacial score (nSPS) is 18.2. The van der Waals surface area contributed by atoms with Crippen molar-refractivity contribution in [1.29, 1.82) is 0 Å². The van der Waals surface area contributed by atoms with Crippen LogP contribution in [0.5, 0.6) is 0 Å². The van der Waals surface area contributed by atoms with Gasteiger partial charge in [-0.25, -0.2) is 4.79 Å². The smallest absolute Gasteiger partial charge is 0.329 e. The van der Waals surface area contributed by atoms with E-state index >= 15 is 0 Å². The second-order valence-corrected chi connectivity index (χ2v) is 5.65. The van der Waals surface area contributed by atoms with E-state index in [0.717, 1.165) is 12.1 Å². The molecular weight excluding hydrogens is 329 g/mol. The van der Waals surface area contributed by atoms with Crippen LogP contribution in [-0.4, -0.2) is 12.6 Å². The highest BCUT2D eigenvalue weighted by Gasteiger charge is 2.34. The number of benzene rings is 2. The van der Waals surface area contributed by atoms with Crippen LogP contribution in [0.1, 0.15) is 17.2 Å². The molecule has 0 saturated carbocycles. The number of amides is 2. The quantitative estimate of drug-likeness (QED) is 0.849. The van der Waals surface area contributed by atoms with Crippen LogP contribution >= 0.6 is 11.6 Å². The van der Waals surface area contributed by atoms with E-state index < -0.39 is 17.8 Å². The molecule has 0 radical (unpaired) electrons. The van der Waals surface area contributed by atoms with E-state index in [4.69, 9.17) is 11.6 Å². The largest absolute Gasteiger partial charge is 0.416 e. The fraction of sp³-hybridized carbons (Fsp3) is 0.188. The number of nitrogens with zero attached hydrogens (tertiary/aromatic N) is 1. The molecule has 1 aliphatic rings. The van der Waals surface area contributed by atoms with Crippen LogP contribution in [0.4, 0.5) is 23.7 Å². The predicted molar refractivity (Wildman–Crippen MR) is 81.5 cm³/mol. The molecule has 0 spiro atoms. The lowest BCUT2D eigenvalue weighted by Gasteiger charge is -2.15. The molecule has 2 amide bonds. The van der Waals surface area contributed by atoms with Gasteiger partial charge < -0.3 is 5.32 Å². The summed E-state index contributed by atoms with van der Waals surface area (Å²) in [6.07, 6.45) is -4.41. The number of nitrogens with one attached hydrogen (secondary N) is 1. The molecule has 1 atom stereocenters. The number of rotatable bonds is 2. The molecule has 3 nitrogen and oxygen atoms in total. The second kappa shape index (κ2) is 5.77. The van der Waals surface area contributed by atoms with Crippen molar-refractivity contribution in [1.82, 2.24) is 5.32 Å². The Labute approximate surface area is 135 Å². The highest BCUT2D eigenvalue weighted by molar-refractivity contribution is 6.30. The monoisotopic (exact) mass is 340 g/mol. The number of urea groups is 1. The van der Waals surface area contributed by atoms with Crippen molar-refractivity contribution in [2.75, 3.05) is 11.4 Å². The third kappa shape index (κ3) is 3.27. The third-order valence-corrected chi connectivity index (χ3v) is 3.91. The Balaban J connectivity index is 1.84. The molecule has 1 N–H and O–H groups in total. The van der Waals surface area contributed by atoms with Crippen molar-refractivity contribution >= 4 is 23.3 Å². The van der Waals surface area contributed by atoms with E-state index in [2.05, 4.69) is 5.32 Å². The Bertz CT molecular complexity index is 731. The van der Waals surface area contributed by atoms with Crippen LogP contribution in [0.2, 0.25) is 5.02 Å². The van der Waals surface area contributed by atoms with Gasteiger partial charge in [0.15, 0.2) is 0 Å². The highest BCUT2D eigenvalue weighted by Crippen LogP contribution is 2.32. The minimum atomic E-state index is -4.41. The van der Waals surface area contributed by atoms with E-state index in [9.17, 15) is 18.0 Å². The first kappa shape index (κ1) is 15.7.